The zero-order chi connectivity index (χ0) is 11.8. The van der Waals surface area contributed by atoms with Gasteiger partial charge >= 0.3 is 0 Å². The van der Waals surface area contributed by atoms with Crippen molar-refractivity contribution < 1.29 is 5.21 Å². The number of hydrogen-bond donors (Lipinski definition) is 2. The van der Waals surface area contributed by atoms with E-state index in [1.54, 1.807) is 0 Å². The first kappa shape index (κ1) is 11.7. The Morgan fingerprint density at radius 3 is 2.38 bits per heavy atom. The zero-order valence-electron chi connectivity index (χ0n) is 10.3. The van der Waals surface area contributed by atoms with Gasteiger partial charge in [0.05, 0.1) is 0 Å². The summed E-state index contributed by atoms with van der Waals surface area (Å²) < 4.78 is 0. The van der Waals surface area contributed by atoms with Crippen LogP contribution in [0.5, 0.6) is 0 Å². The predicted molar refractivity (Wildman–Crippen MR) is 64.5 cm³/mol. The van der Waals surface area contributed by atoms with Gasteiger partial charge in [-0.1, -0.05) is 19.0 Å². The van der Waals surface area contributed by atoms with Crippen molar-refractivity contribution in [2.45, 2.75) is 33.1 Å². The van der Waals surface area contributed by atoms with Crippen LogP contribution in [0.1, 0.15) is 33.1 Å². The van der Waals surface area contributed by atoms with E-state index in [9.17, 15) is 0 Å². The van der Waals surface area contributed by atoms with Gasteiger partial charge in [-0.25, -0.2) is 0 Å². The molecule has 0 amide bonds. The molecule has 4 nitrogen and oxygen atoms in total. The van der Waals surface area contributed by atoms with E-state index in [1.165, 1.54) is 25.9 Å². The van der Waals surface area contributed by atoms with Crippen LogP contribution in [0, 0.1) is 17.3 Å². The number of oxime groups is 1. The van der Waals surface area contributed by atoms with Crippen molar-refractivity contribution in [1.29, 1.82) is 0 Å². The molecule has 1 saturated heterocycles. The van der Waals surface area contributed by atoms with E-state index in [-0.39, 0.29) is 0 Å². The quantitative estimate of drug-likeness (QED) is 0.330. The topological polar surface area (TPSA) is 61.8 Å². The SMILES string of the molecule is CC1CN(CC2(CC(N)=NO)CC2)CC1C. The van der Waals surface area contributed by atoms with E-state index in [1.807, 2.05) is 0 Å². The smallest absolute Gasteiger partial charge is 0.139 e. The minimum atomic E-state index is 0.320. The summed E-state index contributed by atoms with van der Waals surface area (Å²) in [5.74, 6) is 2.00. The number of hydrogen-bond acceptors (Lipinski definition) is 3. The maximum absolute atomic E-state index is 8.62. The highest BCUT2D eigenvalue weighted by atomic mass is 16.4. The maximum atomic E-state index is 8.62. The van der Waals surface area contributed by atoms with Crippen molar-refractivity contribution in [3.8, 4) is 0 Å². The lowest BCUT2D eigenvalue weighted by Gasteiger charge is -2.22. The molecule has 92 valence electrons. The van der Waals surface area contributed by atoms with Crippen LogP contribution in [0.2, 0.25) is 0 Å². The minimum absolute atomic E-state index is 0.320. The number of rotatable bonds is 4. The second kappa shape index (κ2) is 4.24. The molecule has 0 aromatic rings. The Kier molecular flexibility index (Phi) is 3.10. The van der Waals surface area contributed by atoms with Gasteiger partial charge in [0, 0.05) is 26.1 Å². The van der Waals surface area contributed by atoms with Gasteiger partial charge < -0.3 is 15.8 Å². The molecule has 1 aliphatic carbocycles. The summed E-state index contributed by atoms with van der Waals surface area (Å²) in [6.45, 7) is 8.19. The molecule has 1 aliphatic heterocycles. The molecule has 0 bridgehead atoms. The lowest BCUT2D eigenvalue weighted by atomic mass is 10.0. The zero-order valence-corrected chi connectivity index (χ0v) is 10.3. The summed E-state index contributed by atoms with van der Waals surface area (Å²) in [5, 5.41) is 11.7. The fourth-order valence-electron chi connectivity index (χ4n) is 2.84. The number of amidine groups is 1. The van der Waals surface area contributed by atoms with Crippen LogP contribution in [-0.4, -0.2) is 35.6 Å². The molecule has 16 heavy (non-hydrogen) atoms. The van der Waals surface area contributed by atoms with Crippen molar-refractivity contribution >= 4 is 5.84 Å². The highest BCUT2D eigenvalue weighted by Crippen LogP contribution is 2.50. The summed E-state index contributed by atoms with van der Waals surface area (Å²) in [4.78, 5) is 2.55. The predicted octanol–water partition coefficient (Wildman–Crippen LogP) is 1.49. The first-order chi connectivity index (χ1) is 7.54. The lowest BCUT2D eigenvalue weighted by Crippen LogP contribution is -2.31. The third-order valence-corrected chi connectivity index (χ3v) is 4.26. The van der Waals surface area contributed by atoms with Crippen molar-refractivity contribution in [2.75, 3.05) is 19.6 Å². The minimum Gasteiger partial charge on any atom is -0.409 e. The average molecular weight is 225 g/mol. The summed E-state index contributed by atoms with van der Waals surface area (Å²) in [6, 6.07) is 0. The molecule has 4 heteroatoms. The highest BCUT2D eigenvalue weighted by molar-refractivity contribution is 5.80. The third kappa shape index (κ3) is 2.48. The summed E-state index contributed by atoms with van der Waals surface area (Å²) in [7, 11) is 0. The molecule has 0 spiro atoms. The van der Waals surface area contributed by atoms with Gasteiger partial charge in [-0.15, -0.1) is 0 Å². The van der Waals surface area contributed by atoms with E-state index in [0.717, 1.165) is 24.8 Å². The fraction of sp³-hybridized carbons (Fsp3) is 0.917. The molecule has 0 radical (unpaired) electrons. The lowest BCUT2D eigenvalue weighted by molar-refractivity contribution is 0.254. The molecule has 2 fully saturated rings. The fourth-order valence-corrected chi connectivity index (χ4v) is 2.84. The van der Waals surface area contributed by atoms with Crippen molar-refractivity contribution in [3.05, 3.63) is 0 Å². The molecule has 0 aromatic carbocycles. The number of nitrogens with zero attached hydrogens (tertiary/aromatic N) is 2. The summed E-state index contributed by atoms with van der Waals surface area (Å²) in [5.41, 5.74) is 5.93. The van der Waals surface area contributed by atoms with Gasteiger partial charge in [-0.05, 0) is 30.1 Å². The largest absolute Gasteiger partial charge is 0.409 e. The molecule has 2 atom stereocenters. The van der Waals surface area contributed by atoms with Gasteiger partial charge in [0.1, 0.15) is 5.84 Å². The van der Waals surface area contributed by atoms with E-state index in [4.69, 9.17) is 10.9 Å². The molecule has 1 heterocycles. The van der Waals surface area contributed by atoms with Gasteiger partial charge in [-0.2, -0.15) is 0 Å². The first-order valence-electron chi connectivity index (χ1n) is 6.23. The molecule has 1 saturated carbocycles. The van der Waals surface area contributed by atoms with E-state index >= 15 is 0 Å². The van der Waals surface area contributed by atoms with Crippen LogP contribution in [-0.2, 0) is 0 Å². The van der Waals surface area contributed by atoms with Crippen molar-refractivity contribution in [2.24, 2.45) is 28.1 Å². The molecular formula is C12H23N3O. The van der Waals surface area contributed by atoms with Crippen LogP contribution in [0.15, 0.2) is 5.16 Å². The van der Waals surface area contributed by atoms with E-state index in [2.05, 4.69) is 23.9 Å². The monoisotopic (exact) mass is 225 g/mol. The maximum Gasteiger partial charge on any atom is 0.139 e. The second-order valence-electron chi connectivity index (χ2n) is 5.92. The van der Waals surface area contributed by atoms with Gasteiger partial charge in [0.2, 0.25) is 0 Å². The summed E-state index contributed by atoms with van der Waals surface area (Å²) in [6.07, 6.45) is 3.20. The van der Waals surface area contributed by atoms with E-state index in [0.29, 0.717) is 11.3 Å². The molecule has 3 N–H and O–H groups in total. The van der Waals surface area contributed by atoms with Crippen LogP contribution in [0.3, 0.4) is 0 Å². The highest BCUT2D eigenvalue weighted by Gasteiger charge is 2.45. The van der Waals surface area contributed by atoms with Gasteiger partial charge in [-0.3, -0.25) is 0 Å². The molecular weight excluding hydrogens is 202 g/mol. The Bertz CT molecular complexity index is 276. The van der Waals surface area contributed by atoms with E-state index < -0.39 is 0 Å². The second-order valence-corrected chi connectivity index (χ2v) is 5.92. The Balaban J connectivity index is 1.86. The average Bonchev–Trinajstić information content (AvgIpc) is 2.89. The van der Waals surface area contributed by atoms with Crippen LogP contribution >= 0.6 is 0 Å². The molecule has 0 aromatic heterocycles. The van der Waals surface area contributed by atoms with Crippen LogP contribution in [0.4, 0.5) is 0 Å². The molecule has 2 aliphatic rings. The molecule has 2 rings (SSSR count). The Labute approximate surface area is 97.5 Å². The van der Waals surface area contributed by atoms with Crippen molar-refractivity contribution in [3.63, 3.8) is 0 Å². The van der Waals surface area contributed by atoms with Gasteiger partial charge in [0.15, 0.2) is 0 Å². The number of nitrogens with two attached hydrogens (primary N) is 1. The van der Waals surface area contributed by atoms with Crippen LogP contribution < -0.4 is 5.73 Å². The normalized spacial score (nSPS) is 34.2. The summed E-state index contributed by atoms with van der Waals surface area (Å²) >= 11 is 0. The Morgan fingerprint density at radius 1 is 1.38 bits per heavy atom. The number of likely N-dealkylation sites (tertiary alicyclic amines) is 1. The standard InChI is InChI=1S/C12H23N3O/c1-9-6-15(7-10(9)2)8-12(3-4-12)5-11(13)14-16/h9-10,16H,3-8H2,1-2H3,(H2,13,14). The van der Waals surface area contributed by atoms with Crippen LogP contribution in [0.25, 0.3) is 0 Å². The Hall–Kier alpha value is -0.770. The van der Waals surface area contributed by atoms with Crippen molar-refractivity contribution in [1.82, 2.24) is 4.90 Å². The van der Waals surface area contributed by atoms with Gasteiger partial charge in [0.25, 0.3) is 0 Å². The third-order valence-electron chi connectivity index (χ3n) is 4.26. The first-order valence-corrected chi connectivity index (χ1v) is 6.23. The Morgan fingerprint density at radius 2 is 1.94 bits per heavy atom. The molecule has 2 unspecified atom stereocenters.